The molecule has 1 N–H and O–H groups in total. The highest BCUT2D eigenvalue weighted by atomic mass is 79.9. The van der Waals surface area contributed by atoms with E-state index in [2.05, 4.69) is 69.0 Å². The number of methoxy groups -OCH3 is 2. The second kappa shape index (κ2) is 12.8. The molecule has 0 radical (unpaired) electrons. The van der Waals surface area contributed by atoms with Gasteiger partial charge in [0.25, 0.3) is 5.91 Å². The minimum atomic E-state index is -0.487. The van der Waals surface area contributed by atoms with E-state index in [-0.39, 0.29) is 5.57 Å². The molecule has 202 valence electrons. The van der Waals surface area contributed by atoms with Crippen LogP contribution < -0.4 is 19.5 Å². The van der Waals surface area contributed by atoms with E-state index in [1.807, 2.05) is 49.4 Å². The van der Waals surface area contributed by atoms with Crippen LogP contribution in [0.4, 0.5) is 0 Å². The first-order chi connectivity index (χ1) is 18.7. The molecule has 10 heteroatoms. The van der Waals surface area contributed by atoms with E-state index >= 15 is 0 Å². The highest BCUT2D eigenvalue weighted by molar-refractivity contribution is 9.11. The van der Waals surface area contributed by atoms with Gasteiger partial charge in [0, 0.05) is 11.1 Å². The molecule has 0 saturated heterocycles. The van der Waals surface area contributed by atoms with E-state index in [0.717, 1.165) is 16.5 Å². The number of allylic oxidation sites excluding steroid dienone is 1. The minimum absolute atomic E-state index is 0.0342. The zero-order valence-corrected chi connectivity index (χ0v) is 27.5. The van der Waals surface area contributed by atoms with Crippen molar-refractivity contribution in [1.29, 1.82) is 0 Å². The Hall–Kier alpha value is -2.40. The monoisotopic (exact) mass is 781 g/mol. The molecule has 0 saturated carbocycles. The lowest BCUT2D eigenvalue weighted by Gasteiger charge is -2.12. The zero-order valence-electron chi connectivity index (χ0n) is 21.2. The minimum Gasteiger partial charge on any atom is -0.496 e. The molecule has 0 unspecified atom stereocenters. The smallest absolute Gasteiger partial charge is 0.260 e. The van der Waals surface area contributed by atoms with Gasteiger partial charge in [-0.3, -0.25) is 9.59 Å². The summed E-state index contributed by atoms with van der Waals surface area (Å²) in [4.78, 5) is 27.3. The second-order valence-corrected chi connectivity index (χ2v) is 11.9. The molecule has 0 atom stereocenters. The van der Waals surface area contributed by atoms with Crippen LogP contribution in [0.1, 0.15) is 34.8 Å². The summed E-state index contributed by atoms with van der Waals surface area (Å²) in [5.41, 5.74) is 2.84. The van der Waals surface area contributed by atoms with Crippen LogP contribution in [-0.2, 0) is 4.79 Å². The predicted molar refractivity (Wildman–Crippen MR) is 166 cm³/mol. The van der Waals surface area contributed by atoms with Crippen LogP contribution in [0.25, 0.3) is 11.6 Å². The number of Topliss-reactive ketones (excluding diaryl/α,β-unsaturated/α-hetero) is 1. The molecule has 1 aliphatic rings. The van der Waals surface area contributed by atoms with Crippen LogP contribution >= 0.6 is 63.7 Å². The van der Waals surface area contributed by atoms with Crippen molar-refractivity contribution in [3.63, 3.8) is 0 Å². The summed E-state index contributed by atoms with van der Waals surface area (Å²) < 4.78 is 19.2. The number of carbonyl (C=O) groups is 2. The maximum Gasteiger partial charge on any atom is 0.260 e. The number of rotatable bonds is 9. The Balaban J connectivity index is 1.90. The number of hydrogen-bond donors (Lipinski definition) is 1. The van der Waals surface area contributed by atoms with Gasteiger partial charge in [-0.15, -0.1) is 0 Å². The van der Waals surface area contributed by atoms with Gasteiger partial charge >= 0.3 is 0 Å². The summed E-state index contributed by atoms with van der Waals surface area (Å²) >= 11 is 14.0. The first-order valence-corrected chi connectivity index (χ1v) is 15.0. The highest BCUT2D eigenvalue weighted by Gasteiger charge is 2.34. The standard InChI is InChI=1S/C29H23Br4NO5/c1-4-9-39-24-8-6-16(12-19(24)31)25-22(11-15-5-7-23(37-2)18(30)10-15)34-29(36)26(25)27(35)17-13-20(32)28(38-3)21(33)14-17/h5-8,10-14H,4,9H2,1-3H3,(H,34,36)/b22-11-. The summed E-state index contributed by atoms with van der Waals surface area (Å²) in [6.45, 7) is 2.61. The van der Waals surface area contributed by atoms with Gasteiger partial charge in [0.2, 0.25) is 0 Å². The van der Waals surface area contributed by atoms with Crippen molar-refractivity contribution < 1.29 is 23.8 Å². The van der Waals surface area contributed by atoms with Gasteiger partial charge in [0.05, 0.1) is 50.0 Å². The Kier molecular flexibility index (Phi) is 9.74. The van der Waals surface area contributed by atoms with Crippen molar-refractivity contribution in [3.05, 3.63) is 94.4 Å². The normalized spacial score (nSPS) is 14.0. The lowest BCUT2D eigenvalue weighted by atomic mass is 9.93. The summed E-state index contributed by atoms with van der Waals surface area (Å²) in [6.07, 6.45) is 2.70. The average molecular weight is 785 g/mol. The van der Waals surface area contributed by atoms with Crippen molar-refractivity contribution in [1.82, 2.24) is 5.32 Å². The molecule has 1 amide bonds. The van der Waals surface area contributed by atoms with Crippen LogP contribution in [0, 0.1) is 0 Å². The number of benzene rings is 3. The number of nitrogens with one attached hydrogen (secondary N) is 1. The molecule has 0 bridgehead atoms. The molecule has 39 heavy (non-hydrogen) atoms. The van der Waals surface area contributed by atoms with E-state index in [9.17, 15) is 9.59 Å². The quantitative estimate of drug-likeness (QED) is 0.175. The molecule has 6 nitrogen and oxygen atoms in total. The maximum atomic E-state index is 13.9. The summed E-state index contributed by atoms with van der Waals surface area (Å²) in [5, 5.41) is 2.91. The Morgan fingerprint density at radius 1 is 0.872 bits per heavy atom. The lowest BCUT2D eigenvalue weighted by Crippen LogP contribution is -2.20. The molecule has 1 heterocycles. The molecule has 3 aromatic rings. The van der Waals surface area contributed by atoms with Crippen molar-refractivity contribution in [3.8, 4) is 17.2 Å². The molecule has 4 rings (SSSR count). The third-order valence-electron chi connectivity index (χ3n) is 5.86. The molecular formula is C29H23Br4NO5. The zero-order chi connectivity index (χ0) is 28.3. The second-order valence-electron chi connectivity index (χ2n) is 8.45. The summed E-state index contributed by atoms with van der Waals surface area (Å²) in [5.74, 6) is 1.00. The number of hydrogen-bond acceptors (Lipinski definition) is 5. The largest absolute Gasteiger partial charge is 0.496 e. The van der Waals surface area contributed by atoms with Crippen LogP contribution in [0.5, 0.6) is 17.2 Å². The van der Waals surface area contributed by atoms with E-state index in [0.29, 0.717) is 59.7 Å². The molecule has 3 aromatic carbocycles. The van der Waals surface area contributed by atoms with Crippen LogP contribution in [0.2, 0.25) is 0 Å². The van der Waals surface area contributed by atoms with Crippen LogP contribution in [-0.4, -0.2) is 32.5 Å². The molecule has 0 fully saturated rings. The Bertz CT molecular complexity index is 1510. The van der Waals surface area contributed by atoms with Crippen LogP contribution in [0.3, 0.4) is 0 Å². The number of halogens is 4. The third-order valence-corrected chi connectivity index (χ3v) is 8.27. The van der Waals surface area contributed by atoms with Crippen molar-refractivity contribution in [2.75, 3.05) is 20.8 Å². The fourth-order valence-electron chi connectivity index (χ4n) is 4.08. The first-order valence-electron chi connectivity index (χ1n) is 11.8. The van der Waals surface area contributed by atoms with Gasteiger partial charge < -0.3 is 19.5 Å². The number of ketones is 1. The maximum absolute atomic E-state index is 13.9. The topological polar surface area (TPSA) is 73.9 Å². The van der Waals surface area contributed by atoms with Gasteiger partial charge in [-0.1, -0.05) is 19.1 Å². The van der Waals surface area contributed by atoms with E-state index in [1.165, 1.54) is 7.11 Å². The molecular weight excluding hydrogens is 762 g/mol. The summed E-state index contributed by atoms with van der Waals surface area (Å²) in [7, 11) is 3.13. The predicted octanol–water partition coefficient (Wildman–Crippen LogP) is 8.35. The Morgan fingerprint density at radius 2 is 1.54 bits per heavy atom. The van der Waals surface area contributed by atoms with Gasteiger partial charge in [0.1, 0.15) is 17.2 Å². The van der Waals surface area contributed by atoms with Crippen molar-refractivity contribution in [2.24, 2.45) is 0 Å². The van der Waals surface area contributed by atoms with E-state index < -0.39 is 11.7 Å². The van der Waals surface area contributed by atoms with Gasteiger partial charge in [-0.05, 0) is 124 Å². The first kappa shape index (κ1) is 29.6. The van der Waals surface area contributed by atoms with E-state index in [1.54, 1.807) is 19.2 Å². The average Bonchev–Trinajstić information content (AvgIpc) is 3.22. The Morgan fingerprint density at radius 3 is 2.13 bits per heavy atom. The molecule has 0 spiro atoms. The fourth-order valence-corrected chi connectivity index (χ4v) is 6.64. The number of amides is 1. The van der Waals surface area contributed by atoms with Gasteiger partial charge in [0.15, 0.2) is 5.78 Å². The Labute approximate surface area is 260 Å². The molecule has 0 aromatic heterocycles. The van der Waals surface area contributed by atoms with E-state index in [4.69, 9.17) is 14.2 Å². The number of carbonyl (C=O) groups excluding carboxylic acids is 2. The fraction of sp³-hybridized carbons (Fsp3) is 0.172. The molecule has 1 aliphatic heterocycles. The SMILES string of the molecule is CCCOc1ccc(C2=C(C(=O)c3cc(Br)c(OC)c(Br)c3)C(=O)N/C2=C\c2ccc(OC)c(Br)c2)cc1Br. The van der Waals surface area contributed by atoms with Crippen molar-refractivity contribution in [2.45, 2.75) is 13.3 Å². The third kappa shape index (κ3) is 6.34. The van der Waals surface area contributed by atoms with Crippen LogP contribution in [0.15, 0.2) is 77.7 Å². The highest BCUT2D eigenvalue weighted by Crippen LogP contribution is 2.40. The summed E-state index contributed by atoms with van der Waals surface area (Å²) in [6, 6.07) is 14.4. The van der Waals surface area contributed by atoms with Gasteiger partial charge in [-0.25, -0.2) is 0 Å². The van der Waals surface area contributed by atoms with Crippen molar-refractivity contribution >= 4 is 87.1 Å². The number of ether oxygens (including phenoxy) is 3. The molecule has 0 aliphatic carbocycles. The lowest BCUT2D eigenvalue weighted by molar-refractivity contribution is -0.115. The van der Waals surface area contributed by atoms with Gasteiger partial charge in [-0.2, -0.15) is 0 Å².